The Kier molecular flexibility index (Phi) is 4.99. The summed E-state index contributed by atoms with van der Waals surface area (Å²) >= 11 is 0. The van der Waals surface area contributed by atoms with Crippen LogP contribution in [0.3, 0.4) is 0 Å². The molecule has 2 aromatic rings. The fourth-order valence-corrected chi connectivity index (χ4v) is 5.61. The number of piperazine rings is 1. The second-order valence-corrected chi connectivity index (χ2v) is 8.68. The third kappa shape index (κ3) is 3.09. The summed E-state index contributed by atoms with van der Waals surface area (Å²) in [6.45, 7) is 4.03. The summed E-state index contributed by atoms with van der Waals surface area (Å²) in [7, 11) is 1.98. The molecule has 5 rings (SSSR count). The highest BCUT2D eigenvalue weighted by Gasteiger charge is 2.50. The first-order valence-electron chi connectivity index (χ1n) is 11.1. The highest BCUT2D eigenvalue weighted by molar-refractivity contribution is 5.84. The van der Waals surface area contributed by atoms with Gasteiger partial charge in [0, 0.05) is 38.1 Å². The van der Waals surface area contributed by atoms with Crippen LogP contribution in [0, 0.1) is 5.92 Å². The summed E-state index contributed by atoms with van der Waals surface area (Å²) in [6, 6.07) is 8.36. The Morgan fingerprint density at radius 2 is 2.07 bits per heavy atom. The number of nitrogens with one attached hydrogen (secondary N) is 2. The van der Waals surface area contributed by atoms with Crippen LogP contribution in [0.5, 0.6) is 0 Å². The van der Waals surface area contributed by atoms with E-state index in [4.69, 9.17) is 0 Å². The number of aryl methyl sites for hydroxylation is 1. The lowest BCUT2D eigenvalue weighted by Crippen LogP contribution is -2.68. The number of aromatic nitrogens is 2. The molecule has 0 radical (unpaired) electrons. The summed E-state index contributed by atoms with van der Waals surface area (Å²) in [5.41, 5.74) is 5.42. The van der Waals surface area contributed by atoms with Gasteiger partial charge in [0.05, 0.1) is 17.6 Å². The molecular formula is C22H30N6O2. The molecule has 8 nitrogen and oxygen atoms in total. The average Bonchev–Trinajstić information content (AvgIpc) is 3.38. The lowest BCUT2D eigenvalue weighted by atomic mass is 9.78. The number of imidazole rings is 1. The topological polar surface area (TPSA) is 82.5 Å². The normalized spacial score (nSPS) is 29.1. The number of hydrogen-bond acceptors (Lipinski definition) is 5. The van der Waals surface area contributed by atoms with Crippen LogP contribution in [-0.2, 0) is 23.2 Å². The fraction of sp³-hybridized carbons (Fsp3) is 0.591. The SMILES string of the molecule is CCN1C(=O)C2CCNN2C2CCC(C(=O)NCc3nc4ccccc4n3C)CC21. The number of benzene rings is 1. The minimum Gasteiger partial charge on any atom is -0.349 e. The zero-order valence-electron chi connectivity index (χ0n) is 17.7. The number of carbonyl (C=O) groups is 2. The summed E-state index contributed by atoms with van der Waals surface area (Å²) in [5.74, 6) is 1.07. The molecular weight excluding hydrogens is 380 g/mol. The quantitative estimate of drug-likeness (QED) is 0.791. The molecule has 2 amide bonds. The summed E-state index contributed by atoms with van der Waals surface area (Å²) in [6.07, 6.45) is 3.39. The molecule has 30 heavy (non-hydrogen) atoms. The third-order valence-electron chi connectivity index (χ3n) is 7.17. The van der Waals surface area contributed by atoms with Crippen molar-refractivity contribution in [2.45, 2.75) is 57.3 Å². The van der Waals surface area contributed by atoms with Crippen molar-refractivity contribution >= 4 is 22.8 Å². The number of amides is 2. The number of rotatable bonds is 4. The summed E-state index contributed by atoms with van der Waals surface area (Å²) < 4.78 is 2.03. The Balaban J connectivity index is 1.27. The van der Waals surface area contributed by atoms with Gasteiger partial charge in [-0.05, 0) is 44.7 Å². The van der Waals surface area contributed by atoms with Gasteiger partial charge in [-0.1, -0.05) is 12.1 Å². The molecule has 3 fully saturated rings. The molecule has 1 aliphatic carbocycles. The molecule has 3 heterocycles. The number of nitrogens with zero attached hydrogens (tertiary/aromatic N) is 4. The van der Waals surface area contributed by atoms with Crippen molar-refractivity contribution in [3.8, 4) is 0 Å². The monoisotopic (exact) mass is 410 g/mol. The molecule has 2 N–H and O–H groups in total. The van der Waals surface area contributed by atoms with E-state index >= 15 is 0 Å². The maximum atomic E-state index is 13.0. The van der Waals surface area contributed by atoms with E-state index in [9.17, 15) is 9.59 Å². The first kappa shape index (κ1) is 19.5. The number of likely N-dealkylation sites (N-methyl/N-ethyl adjacent to an activating group) is 1. The second kappa shape index (κ2) is 7.67. The highest BCUT2D eigenvalue weighted by atomic mass is 16.2. The van der Waals surface area contributed by atoms with Gasteiger partial charge >= 0.3 is 0 Å². The van der Waals surface area contributed by atoms with Crippen LogP contribution in [-0.4, -0.2) is 62.5 Å². The van der Waals surface area contributed by atoms with E-state index in [0.717, 1.165) is 49.1 Å². The Morgan fingerprint density at radius 1 is 1.23 bits per heavy atom. The maximum Gasteiger partial charge on any atom is 0.241 e. The highest BCUT2D eigenvalue weighted by Crippen LogP contribution is 2.37. The van der Waals surface area contributed by atoms with Gasteiger partial charge in [0.25, 0.3) is 0 Å². The van der Waals surface area contributed by atoms with E-state index < -0.39 is 0 Å². The van der Waals surface area contributed by atoms with Crippen LogP contribution >= 0.6 is 0 Å². The third-order valence-corrected chi connectivity index (χ3v) is 7.17. The van der Waals surface area contributed by atoms with Crippen LogP contribution < -0.4 is 10.7 Å². The van der Waals surface area contributed by atoms with Crippen molar-refractivity contribution in [2.75, 3.05) is 13.1 Å². The van der Waals surface area contributed by atoms with E-state index in [2.05, 4.69) is 20.7 Å². The van der Waals surface area contributed by atoms with Gasteiger partial charge in [0.2, 0.25) is 11.8 Å². The van der Waals surface area contributed by atoms with Crippen molar-refractivity contribution < 1.29 is 9.59 Å². The smallest absolute Gasteiger partial charge is 0.241 e. The van der Waals surface area contributed by atoms with Crippen molar-refractivity contribution in [1.82, 2.24) is 30.2 Å². The zero-order chi connectivity index (χ0) is 20.8. The van der Waals surface area contributed by atoms with Gasteiger partial charge in [0.1, 0.15) is 11.9 Å². The molecule has 1 aromatic carbocycles. The number of para-hydroxylation sites is 2. The molecule has 8 heteroatoms. The summed E-state index contributed by atoms with van der Waals surface area (Å²) in [4.78, 5) is 32.6. The van der Waals surface area contributed by atoms with Gasteiger partial charge in [-0.3, -0.25) is 15.0 Å². The van der Waals surface area contributed by atoms with Crippen LogP contribution in [0.4, 0.5) is 0 Å². The van der Waals surface area contributed by atoms with Crippen molar-refractivity contribution in [1.29, 1.82) is 0 Å². The average molecular weight is 411 g/mol. The number of hydrogen-bond donors (Lipinski definition) is 2. The Hall–Kier alpha value is -2.45. The van der Waals surface area contributed by atoms with Crippen LogP contribution in [0.15, 0.2) is 24.3 Å². The largest absolute Gasteiger partial charge is 0.349 e. The molecule has 3 aliphatic rings. The maximum absolute atomic E-state index is 13.0. The molecule has 160 valence electrons. The van der Waals surface area contributed by atoms with E-state index in [1.54, 1.807) is 0 Å². The first-order valence-corrected chi connectivity index (χ1v) is 11.1. The number of carbonyl (C=O) groups excluding carboxylic acids is 2. The predicted molar refractivity (Wildman–Crippen MR) is 113 cm³/mol. The lowest BCUT2D eigenvalue weighted by Gasteiger charge is -2.51. The Labute approximate surface area is 176 Å². The minimum absolute atomic E-state index is 0.0332. The van der Waals surface area contributed by atoms with E-state index in [1.807, 2.05) is 47.7 Å². The van der Waals surface area contributed by atoms with E-state index in [-0.39, 0.29) is 29.8 Å². The molecule has 4 atom stereocenters. The molecule has 0 spiro atoms. The molecule has 0 bridgehead atoms. The molecule has 2 aliphatic heterocycles. The Morgan fingerprint density at radius 3 is 2.87 bits per heavy atom. The summed E-state index contributed by atoms with van der Waals surface area (Å²) in [5, 5.41) is 5.29. The molecule has 1 saturated carbocycles. The number of fused-ring (bicyclic) bond motifs is 4. The van der Waals surface area contributed by atoms with Crippen LogP contribution in [0.25, 0.3) is 11.0 Å². The van der Waals surface area contributed by atoms with E-state index in [1.165, 1.54) is 0 Å². The second-order valence-electron chi connectivity index (χ2n) is 8.68. The van der Waals surface area contributed by atoms with Gasteiger partial charge in [0.15, 0.2) is 0 Å². The van der Waals surface area contributed by atoms with Gasteiger partial charge in [-0.2, -0.15) is 0 Å². The van der Waals surface area contributed by atoms with Gasteiger partial charge in [-0.15, -0.1) is 0 Å². The predicted octanol–water partition coefficient (Wildman–Crippen LogP) is 1.17. The van der Waals surface area contributed by atoms with Crippen LogP contribution in [0.1, 0.15) is 38.4 Å². The molecule has 1 aromatic heterocycles. The first-order chi connectivity index (χ1) is 14.6. The molecule has 2 saturated heterocycles. The van der Waals surface area contributed by atoms with Crippen molar-refractivity contribution in [2.24, 2.45) is 13.0 Å². The lowest BCUT2D eigenvalue weighted by molar-refractivity contribution is -0.155. The van der Waals surface area contributed by atoms with E-state index in [0.29, 0.717) is 19.1 Å². The minimum atomic E-state index is -0.0677. The fourth-order valence-electron chi connectivity index (χ4n) is 5.61. The standard InChI is InChI=1S/C22H30N6O2/c1-3-27-19-12-14(8-9-17(19)28-18(22(27)30)10-11-24-28)21(29)23-13-20-25-15-6-4-5-7-16(15)26(20)2/h4-7,14,17-19,24H,3,8-13H2,1-2H3,(H,23,29). The zero-order valence-corrected chi connectivity index (χ0v) is 17.7. The Bertz CT molecular complexity index is 972. The van der Waals surface area contributed by atoms with Gasteiger partial charge < -0.3 is 14.8 Å². The van der Waals surface area contributed by atoms with Crippen molar-refractivity contribution in [3.05, 3.63) is 30.1 Å². The van der Waals surface area contributed by atoms with Gasteiger partial charge in [-0.25, -0.2) is 9.99 Å². The van der Waals surface area contributed by atoms with Crippen LogP contribution in [0.2, 0.25) is 0 Å². The number of hydrazine groups is 1. The molecule has 4 unspecified atom stereocenters. The van der Waals surface area contributed by atoms with Crippen molar-refractivity contribution in [3.63, 3.8) is 0 Å².